The first-order valence-electron chi connectivity index (χ1n) is 3.59. The van der Waals surface area contributed by atoms with Crippen LogP contribution in [0.5, 0.6) is 0 Å². The van der Waals surface area contributed by atoms with Gasteiger partial charge in [0.15, 0.2) is 0 Å². The van der Waals surface area contributed by atoms with Gasteiger partial charge in [0.2, 0.25) is 0 Å². The minimum Gasteiger partial charge on any atom is -0.478 e. The molecule has 3 nitrogen and oxygen atoms in total. The lowest BCUT2D eigenvalue weighted by Crippen LogP contribution is -1.92. The highest BCUT2D eigenvalue weighted by Gasteiger charge is 1.90. The van der Waals surface area contributed by atoms with Crippen molar-refractivity contribution in [2.45, 2.75) is 13.8 Å². The molecule has 5 heteroatoms. The third kappa shape index (κ3) is 65.2. The topological polar surface area (TPSA) is 61.1 Å². The van der Waals surface area contributed by atoms with E-state index in [2.05, 4.69) is 19.7 Å². The van der Waals surface area contributed by atoms with E-state index in [1.165, 1.54) is 6.92 Å². The van der Waals surface area contributed by atoms with Crippen molar-refractivity contribution in [1.82, 2.24) is 0 Å². The van der Waals surface area contributed by atoms with E-state index < -0.39 is 5.97 Å². The number of carbonyl (C=O) groups is 1. The minimum absolute atomic E-state index is 0.111. The smallest absolute Gasteiger partial charge is 0.330 e. The van der Waals surface area contributed by atoms with Gasteiger partial charge in [-0.2, -0.15) is 5.26 Å². The second-order valence-electron chi connectivity index (χ2n) is 2.32. The maximum atomic E-state index is 9.60. The Balaban J connectivity index is -0.000000147. The highest BCUT2D eigenvalue weighted by atomic mass is 35.5. The van der Waals surface area contributed by atoms with Crippen LogP contribution in [-0.2, 0) is 4.79 Å². The Morgan fingerprint density at radius 3 is 1.40 bits per heavy atom. The number of carboxylic acids is 1. The molecule has 0 bridgehead atoms. The van der Waals surface area contributed by atoms with E-state index >= 15 is 0 Å². The van der Waals surface area contributed by atoms with Gasteiger partial charge in [-0.3, -0.25) is 0 Å². The predicted molar refractivity (Wildman–Crippen MR) is 63.7 cm³/mol. The summed E-state index contributed by atoms with van der Waals surface area (Å²) < 4.78 is 0.111. The standard InChI is InChI=1S/C4H5N.C4H6O2.C2H2Cl2/c1-4(2)3-5;1-3(2)4(5)6;1-2(3)4/h1H2,2H3;1H2,2H3,(H,5,6);1H2. The van der Waals surface area contributed by atoms with E-state index in [0.29, 0.717) is 5.57 Å². The van der Waals surface area contributed by atoms with Gasteiger partial charge >= 0.3 is 5.97 Å². The average molecular weight is 250 g/mol. The van der Waals surface area contributed by atoms with E-state index in [9.17, 15) is 4.79 Å². The summed E-state index contributed by atoms with van der Waals surface area (Å²) in [6, 6.07) is 1.83. The Bertz CT molecular complexity index is 274. The van der Waals surface area contributed by atoms with Crippen LogP contribution < -0.4 is 0 Å². The number of hydrogen-bond acceptors (Lipinski definition) is 2. The van der Waals surface area contributed by atoms with Crippen molar-refractivity contribution in [2.24, 2.45) is 0 Å². The number of allylic oxidation sites excluding steroid dienone is 1. The van der Waals surface area contributed by atoms with Gasteiger partial charge in [-0.05, 0) is 13.8 Å². The van der Waals surface area contributed by atoms with E-state index in [1.54, 1.807) is 6.92 Å². The van der Waals surface area contributed by atoms with Gasteiger partial charge in [-0.15, -0.1) is 0 Å². The van der Waals surface area contributed by atoms with E-state index in [1.807, 2.05) is 6.07 Å². The van der Waals surface area contributed by atoms with E-state index in [0.717, 1.165) is 0 Å². The average Bonchev–Trinajstić information content (AvgIpc) is 2.04. The Morgan fingerprint density at radius 1 is 1.27 bits per heavy atom. The lowest BCUT2D eigenvalue weighted by molar-refractivity contribution is -0.132. The molecule has 0 aliphatic carbocycles. The zero-order valence-corrected chi connectivity index (χ0v) is 10.2. The van der Waals surface area contributed by atoms with Crippen LogP contribution in [0.25, 0.3) is 0 Å². The molecule has 0 aromatic rings. The third-order valence-electron chi connectivity index (χ3n) is 0.556. The molecule has 0 aromatic carbocycles. The highest BCUT2D eigenvalue weighted by Crippen LogP contribution is 1.98. The number of nitrogens with zero attached hydrogens (tertiary/aromatic N) is 1. The fourth-order valence-electron chi connectivity index (χ4n) is 0. The van der Waals surface area contributed by atoms with Gasteiger partial charge in [0.1, 0.15) is 0 Å². The fourth-order valence-corrected chi connectivity index (χ4v) is 0. The minimum atomic E-state index is -0.935. The maximum absolute atomic E-state index is 9.60. The Morgan fingerprint density at radius 2 is 1.40 bits per heavy atom. The van der Waals surface area contributed by atoms with Crippen LogP contribution in [-0.4, -0.2) is 11.1 Å². The summed E-state index contributed by atoms with van der Waals surface area (Å²) in [5.74, 6) is -0.935. The van der Waals surface area contributed by atoms with Crippen molar-refractivity contribution in [1.29, 1.82) is 5.26 Å². The Kier molecular flexibility index (Phi) is 16.5. The summed E-state index contributed by atoms with van der Waals surface area (Å²) in [7, 11) is 0. The molecule has 0 radical (unpaired) electrons. The van der Waals surface area contributed by atoms with Crippen LogP contribution in [0.2, 0.25) is 0 Å². The molecule has 0 heterocycles. The van der Waals surface area contributed by atoms with Crippen LogP contribution >= 0.6 is 23.2 Å². The van der Waals surface area contributed by atoms with Crippen molar-refractivity contribution in [3.8, 4) is 6.07 Å². The fraction of sp³-hybridized carbons (Fsp3) is 0.200. The molecule has 0 unspecified atom stereocenters. The molecule has 0 aliphatic heterocycles. The molecule has 0 saturated heterocycles. The van der Waals surface area contributed by atoms with E-state index in [4.69, 9.17) is 33.6 Å². The molecule has 0 fully saturated rings. The van der Waals surface area contributed by atoms with Crippen molar-refractivity contribution < 1.29 is 9.90 Å². The van der Waals surface area contributed by atoms with E-state index in [-0.39, 0.29) is 10.1 Å². The summed E-state index contributed by atoms with van der Waals surface area (Å²) in [4.78, 5) is 9.60. The molecule has 0 aliphatic rings. The number of halogens is 2. The van der Waals surface area contributed by atoms with Crippen LogP contribution in [0.15, 0.2) is 35.4 Å². The molecule has 15 heavy (non-hydrogen) atoms. The predicted octanol–water partition coefficient (Wildman–Crippen LogP) is 3.67. The number of rotatable bonds is 1. The number of nitriles is 1. The number of aliphatic carboxylic acids is 1. The zero-order chi connectivity index (χ0) is 13.0. The number of carboxylic acid groups (broad SMARTS) is 1. The normalized spacial score (nSPS) is 6.60. The maximum Gasteiger partial charge on any atom is 0.330 e. The molecule has 0 rings (SSSR count). The van der Waals surface area contributed by atoms with Gasteiger partial charge < -0.3 is 5.11 Å². The molecule has 0 saturated carbocycles. The molecule has 0 atom stereocenters. The van der Waals surface area contributed by atoms with Gasteiger partial charge in [0.05, 0.1) is 10.6 Å². The Labute approximate surface area is 99.9 Å². The third-order valence-corrected chi connectivity index (χ3v) is 0.556. The largest absolute Gasteiger partial charge is 0.478 e. The summed E-state index contributed by atoms with van der Waals surface area (Å²) in [5.41, 5.74) is 0.736. The second kappa shape index (κ2) is 12.8. The van der Waals surface area contributed by atoms with Crippen molar-refractivity contribution >= 4 is 29.2 Å². The molecular formula is C10H13Cl2NO2. The van der Waals surface area contributed by atoms with Crippen LogP contribution in [0, 0.1) is 11.3 Å². The molecule has 0 aromatic heterocycles. The quantitative estimate of drug-likeness (QED) is 0.570. The van der Waals surface area contributed by atoms with Crippen molar-refractivity contribution in [3.05, 3.63) is 35.4 Å². The lowest BCUT2D eigenvalue weighted by Gasteiger charge is -1.79. The van der Waals surface area contributed by atoms with Gasteiger partial charge in [-0.25, -0.2) is 4.79 Å². The molecule has 1 N–H and O–H groups in total. The van der Waals surface area contributed by atoms with Crippen LogP contribution in [0.4, 0.5) is 0 Å². The number of hydrogen-bond donors (Lipinski definition) is 1. The lowest BCUT2D eigenvalue weighted by atomic mass is 10.4. The van der Waals surface area contributed by atoms with Gasteiger partial charge in [-0.1, -0.05) is 42.9 Å². The summed E-state index contributed by atoms with van der Waals surface area (Å²) in [6.07, 6.45) is 0. The SMILES string of the molecule is C=C(C)C#N.C=C(C)C(=O)O.C=C(Cl)Cl. The Hall–Kier alpha value is -1.24. The zero-order valence-electron chi connectivity index (χ0n) is 8.68. The first-order valence-corrected chi connectivity index (χ1v) is 4.35. The van der Waals surface area contributed by atoms with Crippen LogP contribution in [0.1, 0.15) is 13.8 Å². The summed E-state index contributed by atoms with van der Waals surface area (Å²) in [6.45, 7) is 12.7. The van der Waals surface area contributed by atoms with Gasteiger partial charge in [0, 0.05) is 11.1 Å². The van der Waals surface area contributed by atoms with Crippen LogP contribution in [0.3, 0.4) is 0 Å². The first-order chi connectivity index (χ1) is 6.64. The highest BCUT2D eigenvalue weighted by molar-refractivity contribution is 6.55. The molecule has 0 amide bonds. The summed E-state index contributed by atoms with van der Waals surface area (Å²) in [5, 5.41) is 15.7. The van der Waals surface area contributed by atoms with Crippen molar-refractivity contribution in [2.75, 3.05) is 0 Å². The molecule has 0 spiro atoms. The summed E-state index contributed by atoms with van der Waals surface area (Å²) >= 11 is 9.69. The van der Waals surface area contributed by atoms with Crippen molar-refractivity contribution in [3.63, 3.8) is 0 Å². The van der Waals surface area contributed by atoms with Gasteiger partial charge in [0.25, 0.3) is 0 Å². The first kappa shape index (κ1) is 19.4. The molecule has 84 valence electrons. The monoisotopic (exact) mass is 249 g/mol. The second-order valence-corrected chi connectivity index (χ2v) is 3.42. The molecular weight excluding hydrogens is 237 g/mol.